The van der Waals surface area contributed by atoms with Crippen LogP contribution in [0.5, 0.6) is 0 Å². The van der Waals surface area contributed by atoms with Crippen molar-refractivity contribution in [1.82, 2.24) is 4.98 Å². The molecule has 0 spiro atoms. The van der Waals surface area contributed by atoms with Crippen molar-refractivity contribution < 1.29 is 4.79 Å². The van der Waals surface area contributed by atoms with Gasteiger partial charge in [0.25, 0.3) is 5.24 Å². The monoisotopic (exact) mass is 290 g/mol. The fourth-order valence-electron chi connectivity index (χ4n) is 2.53. The first-order chi connectivity index (χ1) is 9.47. The number of carbonyl (C=O) groups is 1. The third kappa shape index (κ3) is 2.63. The van der Waals surface area contributed by atoms with E-state index in [2.05, 4.69) is 11.1 Å². The van der Waals surface area contributed by atoms with E-state index < -0.39 is 5.24 Å². The molecule has 0 aliphatic carbocycles. The van der Waals surface area contributed by atoms with Gasteiger partial charge in [-0.05, 0) is 62.6 Å². The molecule has 4 heteroatoms. The Bertz CT molecular complexity index is 663. The van der Waals surface area contributed by atoms with E-state index in [1.807, 2.05) is 44.7 Å². The maximum atomic E-state index is 11.7. The lowest BCUT2D eigenvalue weighted by molar-refractivity contribution is 0.108. The Morgan fingerprint density at radius 3 is 2.40 bits per heavy atom. The van der Waals surface area contributed by atoms with Gasteiger partial charge in [-0.25, -0.2) is 4.98 Å². The molecule has 0 N–H and O–H groups in total. The minimum Gasteiger partial charge on any atom is -0.357 e. The van der Waals surface area contributed by atoms with Gasteiger partial charge in [0.05, 0.1) is 11.1 Å². The zero-order valence-electron chi connectivity index (χ0n) is 12.3. The quantitative estimate of drug-likeness (QED) is 0.796. The number of fused-ring (bicyclic) bond motifs is 1. The maximum Gasteiger partial charge on any atom is 0.256 e. The van der Waals surface area contributed by atoms with Crippen molar-refractivity contribution in [3.63, 3.8) is 0 Å². The van der Waals surface area contributed by atoms with Crippen LogP contribution in [0.4, 0.5) is 5.82 Å². The number of halogens is 1. The fraction of sp³-hybridized carbons (Fsp3) is 0.375. The molecule has 1 aromatic heterocycles. The highest BCUT2D eigenvalue weighted by atomic mass is 35.5. The first-order valence-electron chi connectivity index (χ1n) is 6.84. The van der Waals surface area contributed by atoms with Crippen LogP contribution in [0.25, 0.3) is 10.9 Å². The van der Waals surface area contributed by atoms with Gasteiger partial charge < -0.3 is 4.90 Å². The summed E-state index contributed by atoms with van der Waals surface area (Å²) in [4.78, 5) is 18.5. The Balaban J connectivity index is 2.78. The minimum atomic E-state index is -0.457. The molecule has 0 aliphatic rings. The molecule has 0 atom stereocenters. The molecule has 1 heterocycles. The zero-order chi connectivity index (χ0) is 14.9. The number of carbonyl (C=O) groups excluding carboxylic acids is 1. The molecular weight excluding hydrogens is 272 g/mol. The van der Waals surface area contributed by atoms with E-state index in [0.29, 0.717) is 11.4 Å². The van der Waals surface area contributed by atoms with E-state index in [-0.39, 0.29) is 0 Å². The highest BCUT2D eigenvalue weighted by molar-refractivity contribution is 6.68. The predicted molar refractivity (Wildman–Crippen MR) is 85.0 cm³/mol. The van der Waals surface area contributed by atoms with E-state index >= 15 is 0 Å². The molecule has 1 aromatic carbocycles. The van der Waals surface area contributed by atoms with Crippen molar-refractivity contribution in [2.75, 3.05) is 18.0 Å². The fourth-order valence-corrected chi connectivity index (χ4v) is 2.67. The maximum absolute atomic E-state index is 11.7. The summed E-state index contributed by atoms with van der Waals surface area (Å²) < 4.78 is 0. The second-order valence-electron chi connectivity index (χ2n) is 4.95. The summed E-state index contributed by atoms with van der Waals surface area (Å²) in [6.07, 6.45) is 0. The van der Waals surface area contributed by atoms with Crippen molar-refractivity contribution in [3.05, 3.63) is 34.9 Å². The molecule has 0 saturated carbocycles. The van der Waals surface area contributed by atoms with Crippen molar-refractivity contribution in [1.29, 1.82) is 0 Å². The summed E-state index contributed by atoms with van der Waals surface area (Å²) >= 11 is 5.74. The lowest BCUT2D eigenvalue weighted by atomic mass is 10.0. The number of benzene rings is 1. The summed E-state index contributed by atoms with van der Waals surface area (Å²) in [7, 11) is 0. The van der Waals surface area contributed by atoms with E-state index in [1.165, 1.54) is 0 Å². The molecular formula is C16H19ClN2O. The highest BCUT2D eigenvalue weighted by Gasteiger charge is 2.17. The zero-order valence-corrected chi connectivity index (χ0v) is 13.1. The average molecular weight is 291 g/mol. The molecule has 2 rings (SSSR count). The Morgan fingerprint density at radius 1 is 1.20 bits per heavy atom. The number of anilines is 1. The number of aryl methyl sites for hydroxylation is 2. The van der Waals surface area contributed by atoms with Crippen LogP contribution < -0.4 is 4.90 Å². The standard InChI is InChI=1S/C16H19ClN2O/c1-5-19(6-2)16-13(15(17)20)9-12-11(4)7-10(3)8-14(12)18-16/h7-9H,5-6H2,1-4H3. The molecule has 0 radical (unpaired) electrons. The Kier molecular flexibility index (Phi) is 4.29. The topological polar surface area (TPSA) is 33.2 Å². The Labute approximate surface area is 124 Å². The van der Waals surface area contributed by atoms with E-state index in [0.717, 1.165) is 35.1 Å². The smallest absolute Gasteiger partial charge is 0.256 e. The SMILES string of the molecule is CCN(CC)c1nc2cc(C)cc(C)c2cc1C(=O)Cl. The molecule has 106 valence electrons. The van der Waals surface area contributed by atoms with Crippen molar-refractivity contribution in [3.8, 4) is 0 Å². The van der Waals surface area contributed by atoms with Gasteiger partial charge in [-0.3, -0.25) is 4.79 Å². The van der Waals surface area contributed by atoms with Gasteiger partial charge in [0.15, 0.2) is 0 Å². The molecule has 0 amide bonds. The van der Waals surface area contributed by atoms with E-state index in [9.17, 15) is 4.79 Å². The van der Waals surface area contributed by atoms with Gasteiger partial charge in [0.2, 0.25) is 0 Å². The summed E-state index contributed by atoms with van der Waals surface area (Å²) in [5.41, 5.74) is 3.66. The summed E-state index contributed by atoms with van der Waals surface area (Å²) in [5.74, 6) is 0.674. The molecule has 0 aliphatic heterocycles. The van der Waals surface area contributed by atoms with E-state index in [4.69, 9.17) is 11.6 Å². The number of nitrogens with zero attached hydrogens (tertiary/aromatic N) is 2. The number of rotatable bonds is 4. The highest BCUT2D eigenvalue weighted by Crippen LogP contribution is 2.27. The molecule has 0 unspecified atom stereocenters. The third-order valence-corrected chi connectivity index (χ3v) is 3.74. The summed E-state index contributed by atoms with van der Waals surface area (Å²) in [5, 5.41) is 0.525. The number of hydrogen-bond acceptors (Lipinski definition) is 3. The number of hydrogen-bond donors (Lipinski definition) is 0. The van der Waals surface area contributed by atoms with Crippen LogP contribution in [0, 0.1) is 13.8 Å². The van der Waals surface area contributed by atoms with Gasteiger partial charge in [-0.2, -0.15) is 0 Å². The van der Waals surface area contributed by atoms with Gasteiger partial charge in [-0.15, -0.1) is 0 Å². The van der Waals surface area contributed by atoms with Crippen LogP contribution in [0.3, 0.4) is 0 Å². The first-order valence-corrected chi connectivity index (χ1v) is 7.22. The van der Waals surface area contributed by atoms with Crippen molar-refractivity contribution >= 4 is 33.6 Å². The molecule has 0 saturated heterocycles. The molecule has 20 heavy (non-hydrogen) atoms. The van der Waals surface area contributed by atoms with Crippen LogP contribution in [0.1, 0.15) is 35.3 Å². The van der Waals surface area contributed by atoms with Crippen LogP contribution in [0.15, 0.2) is 18.2 Å². The summed E-state index contributed by atoms with van der Waals surface area (Å²) in [6, 6.07) is 5.99. The molecule has 0 bridgehead atoms. The van der Waals surface area contributed by atoms with Crippen LogP contribution in [-0.4, -0.2) is 23.3 Å². The van der Waals surface area contributed by atoms with Crippen molar-refractivity contribution in [2.45, 2.75) is 27.7 Å². The van der Waals surface area contributed by atoms with Crippen LogP contribution >= 0.6 is 11.6 Å². The second kappa shape index (κ2) is 5.80. The van der Waals surface area contributed by atoms with Gasteiger partial charge in [-0.1, -0.05) is 6.07 Å². The van der Waals surface area contributed by atoms with E-state index in [1.54, 1.807) is 0 Å². The van der Waals surface area contributed by atoms with Crippen LogP contribution in [-0.2, 0) is 0 Å². The number of pyridine rings is 1. The minimum absolute atomic E-state index is 0.457. The first kappa shape index (κ1) is 14.8. The third-order valence-electron chi connectivity index (χ3n) is 3.54. The Morgan fingerprint density at radius 2 is 1.85 bits per heavy atom. The lowest BCUT2D eigenvalue weighted by Gasteiger charge is -2.22. The van der Waals surface area contributed by atoms with Crippen molar-refractivity contribution in [2.24, 2.45) is 0 Å². The van der Waals surface area contributed by atoms with Gasteiger partial charge in [0, 0.05) is 18.5 Å². The largest absolute Gasteiger partial charge is 0.357 e. The molecule has 0 fully saturated rings. The van der Waals surface area contributed by atoms with Gasteiger partial charge in [0.1, 0.15) is 5.82 Å². The molecule has 2 aromatic rings. The van der Waals surface area contributed by atoms with Gasteiger partial charge >= 0.3 is 0 Å². The number of aromatic nitrogens is 1. The predicted octanol–water partition coefficient (Wildman–Crippen LogP) is 4.08. The Hall–Kier alpha value is -1.61. The molecule has 3 nitrogen and oxygen atoms in total. The average Bonchev–Trinajstić information content (AvgIpc) is 2.38. The summed E-state index contributed by atoms with van der Waals surface area (Å²) in [6.45, 7) is 9.73. The normalized spacial score (nSPS) is 10.8. The second-order valence-corrected chi connectivity index (χ2v) is 5.30. The van der Waals surface area contributed by atoms with Crippen LogP contribution in [0.2, 0.25) is 0 Å². The lowest BCUT2D eigenvalue weighted by Crippen LogP contribution is -2.25.